The zero-order chi connectivity index (χ0) is 34.9. The van der Waals surface area contributed by atoms with Crippen LogP contribution in [0.4, 0.5) is 13.2 Å². The van der Waals surface area contributed by atoms with Gasteiger partial charge in [-0.1, -0.05) is 48.9 Å². The molecule has 0 bridgehead atoms. The van der Waals surface area contributed by atoms with Gasteiger partial charge in [0.2, 0.25) is 0 Å². The van der Waals surface area contributed by atoms with Gasteiger partial charge < -0.3 is 19.7 Å². The Kier molecular flexibility index (Phi) is 9.76. The number of likely N-dealkylation sites (tertiary alicyclic amines) is 2. The largest absolute Gasteiger partial charge is 0.493 e. The van der Waals surface area contributed by atoms with Gasteiger partial charge in [-0.05, 0) is 95.4 Å². The van der Waals surface area contributed by atoms with Gasteiger partial charge in [0.15, 0.2) is 11.5 Å². The quantitative estimate of drug-likeness (QED) is 0.182. The van der Waals surface area contributed by atoms with E-state index in [9.17, 15) is 18.0 Å². The summed E-state index contributed by atoms with van der Waals surface area (Å²) in [5.41, 5.74) is 1.90. The molecule has 0 unspecified atom stereocenters. The van der Waals surface area contributed by atoms with Gasteiger partial charge in [-0.3, -0.25) is 9.69 Å². The van der Waals surface area contributed by atoms with Gasteiger partial charge in [0.25, 0.3) is 5.91 Å². The van der Waals surface area contributed by atoms with Gasteiger partial charge in [0, 0.05) is 35.2 Å². The minimum Gasteiger partial charge on any atom is -0.493 e. The molecule has 1 aliphatic carbocycles. The highest BCUT2D eigenvalue weighted by molar-refractivity contribution is 6.10. The van der Waals surface area contributed by atoms with Crippen molar-refractivity contribution in [2.75, 3.05) is 39.9 Å². The van der Waals surface area contributed by atoms with Gasteiger partial charge in [-0.15, -0.1) is 0 Å². The molecule has 3 heterocycles. The molecule has 1 aromatic heterocycles. The number of hydrogen-bond acceptors (Lipinski definition) is 6. The van der Waals surface area contributed by atoms with Crippen molar-refractivity contribution in [2.45, 2.75) is 76.2 Å². The summed E-state index contributed by atoms with van der Waals surface area (Å²) in [5.74, 6) is 0.628. The van der Waals surface area contributed by atoms with Crippen molar-refractivity contribution < 1.29 is 27.4 Å². The molecule has 3 aliphatic rings. The fourth-order valence-corrected chi connectivity index (χ4v) is 7.83. The maximum atomic E-state index is 14.8. The van der Waals surface area contributed by atoms with Crippen LogP contribution >= 0.6 is 0 Å². The third kappa shape index (κ3) is 7.05. The standard InChI is InChI=1S/C40H45F3N4O3/c1-3-50-35-25-33-31(24-34(35)49-2)36(38(48)45-39(17-18-39)28-12-6-4-7-13-28)32(37(44-33)27-11-10-14-29(23-27)40(41,42)43)26-46-21-15-30(16-22-46)47-19-8-5-9-20-47/h4,6-7,10-14,23-25,30H,3,5,8-9,15-22,26H2,1-2H3,(H,45,48). The molecular weight excluding hydrogens is 641 g/mol. The fourth-order valence-electron chi connectivity index (χ4n) is 7.83. The van der Waals surface area contributed by atoms with E-state index in [-0.39, 0.29) is 5.91 Å². The van der Waals surface area contributed by atoms with E-state index in [4.69, 9.17) is 14.5 Å². The normalized spacial score (nSPS) is 18.6. The third-order valence-corrected chi connectivity index (χ3v) is 10.6. The van der Waals surface area contributed by atoms with Gasteiger partial charge in [0.1, 0.15) is 0 Å². The first kappa shape index (κ1) is 34.3. The number of methoxy groups -OCH3 is 1. The molecule has 2 aliphatic heterocycles. The number of piperidine rings is 2. The van der Waals surface area contributed by atoms with Crippen LogP contribution in [0.2, 0.25) is 0 Å². The maximum absolute atomic E-state index is 14.8. The minimum absolute atomic E-state index is 0.281. The number of amides is 1. The number of hydrogen-bond donors (Lipinski definition) is 1. The molecule has 1 N–H and O–H groups in total. The number of fused-ring (bicyclic) bond motifs is 1. The zero-order valence-corrected chi connectivity index (χ0v) is 28.8. The van der Waals surface area contributed by atoms with Crippen LogP contribution in [-0.2, 0) is 18.3 Å². The second-order valence-corrected chi connectivity index (χ2v) is 13.9. The Morgan fingerprint density at radius 2 is 1.68 bits per heavy atom. The van der Waals surface area contributed by atoms with Crippen molar-refractivity contribution in [1.29, 1.82) is 0 Å². The molecule has 264 valence electrons. The van der Waals surface area contributed by atoms with Crippen molar-refractivity contribution in [3.8, 4) is 22.8 Å². The molecule has 1 amide bonds. The van der Waals surface area contributed by atoms with Gasteiger partial charge in [-0.2, -0.15) is 13.2 Å². The van der Waals surface area contributed by atoms with Crippen LogP contribution in [0.5, 0.6) is 11.5 Å². The highest BCUT2D eigenvalue weighted by Crippen LogP contribution is 2.46. The van der Waals surface area contributed by atoms with E-state index >= 15 is 0 Å². The third-order valence-electron chi connectivity index (χ3n) is 10.6. The minimum atomic E-state index is -4.53. The number of pyridine rings is 1. The Labute approximate surface area is 291 Å². The van der Waals surface area contributed by atoms with Crippen LogP contribution in [0.15, 0.2) is 66.7 Å². The van der Waals surface area contributed by atoms with Crippen molar-refractivity contribution >= 4 is 16.8 Å². The second-order valence-electron chi connectivity index (χ2n) is 13.9. The highest BCUT2D eigenvalue weighted by Gasteiger charge is 2.46. The number of nitrogens with one attached hydrogen (secondary N) is 1. The fraction of sp³-hybridized carbons (Fsp3) is 0.450. The van der Waals surface area contributed by atoms with Gasteiger partial charge in [0.05, 0.1) is 41.6 Å². The SMILES string of the molecule is CCOc1cc2nc(-c3cccc(C(F)(F)F)c3)c(CN3CCC(N4CCCCC4)CC3)c(C(=O)NC3(c4ccccc4)CC3)c2cc1OC. The van der Waals surface area contributed by atoms with Crippen molar-refractivity contribution in [3.63, 3.8) is 0 Å². The molecule has 0 radical (unpaired) electrons. The summed E-state index contributed by atoms with van der Waals surface area (Å²) in [6.07, 6.45) is 2.82. The summed E-state index contributed by atoms with van der Waals surface area (Å²) >= 11 is 0. The number of halogens is 3. The lowest BCUT2D eigenvalue weighted by molar-refractivity contribution is -0.137. The Hall–Kier alpha value is -4.15. The smallest absolute Gasteiger partial charge is 0.416 e. The molecule has 1 saturated carbocycles. The van der Waals surface area contributed by atoms with Crippen LogP contribution in [0.3, 0.4) is 0 Å². The number of nitrogens with zero attached hydrogens (tertiary/aromatic N) is 3. The first-order valence-corrected chi connectivity index (χ1v) is 17.9. The topological polar surface area (TPSA) is 66.9 Å². The van der Waals surface area contributed by atoms with E-state index in [1.165, 1.54) is 25.3 Å². The molecule has 10 heteroatoms. The van der Waals surface area contributed by atoms with Crippen LogP contribution in [0.1, 0.15) is 78.9 Å². The number of benzene rings is 3. The molecule has 7 nitrogen and oxygen atoms in total. The Morgan fingerprint density at radius 3 is 2.34 bits per heavy atom. The summed E-state index contributed by atoms with van der Waals surface area (Å²) in [6, 6.07) is 19.2. The number of aromatic nitrogens is 1. The average molecular weight is 687 g/mol. The molecule has 3 fully saturated rings. The summed E-state index contributed by atoms with van der Waals surface area (Å²) in [7, 11) is 1.55. The molecule has 3 aromatic carbocycles. The molecule has 7 rings (SSSR count). The lowest BCUT2D eigenvalue weighted by Crippen LogP contribution is -2.46. The molecule has 0 spiro atoms. The summed E-state index contributed by atoms with van der Waals surface area (Å²) < 4.78 is 53.8. The average Bonchev–Trinajstić information content (AvgIpc) is 3.92. The lowest BCUT2D eigenvalue weighted by atomic mass is 9.93. The number of carbonyl (C=O) groups excluding carboxylic acids is 1. The molecule has 0 atom stereocenters. The monoisotopic (exact) mass is 686 g/mol. The Bertz CT molecular complexity index is 1830. The van der Waals surface area contributed by atoms with Crippen LogP contribution in [-0.4, -0.2) is 66.6 Å². The first-order valence-electron chi connectivity index (χ1n) is 17.9. The first-order chi connectivity index (χ1) is 24.2. The van der Waals surface area contributed by atoms with E-state index in [1.54, 1.807) is 25.3 Å². The maximum Gasteiger partial charge on any atom is 0.416 e. The van der Waals surface area contributed by atoms with Crippen LogP contribution in [0, 0.1) is 0 Å². The van der Waals surface area contributed by atoms with E-state index in [0.717, 1.165) is 69.6 Å². The summed E-state index contributed by atoms with van der Waals surface area (Å²) in [5, 5.41) is 3.94. The van der Waals surface area contributed by atoms with E-state index in [1.807, 2.05) is 37.3 Å². The summed E-state index contributed by atoms with van der Waals surface area (Å²) in [4.78, 5) is 24.8. The summed E-state index contributed by atoms with van der Waals surface area (Å²) in [6.45, 7) is 6.53. The lowest BCUT2D eigenvalue weighted by Gasteiger charge is -2.40. The second kappa shape index (κ2) is 14.2. The molecule has 4 aromatic rings. The molecule has 50 heavy (non-hydrogen) atoms. The predicted octanol–water partition coefficient (Wildman–Crippen LogP) is 8.20. The van der Waals surface area contributed by atoms with Crippen molar-refractivity contribution in [2.24, 2.45) is 0 Å². The van der Waals surface area contributed by atoms with Crippen molar-refractivity contribution in [3.05, 3.63) is 89.0 Å². The van der Waals surface area contributed by atoms with E-state index in [0.29, 0.717) is 64.0 Å². The van der Waals surface area contributed by atoms with Gasteiger partial charge >= 0.3 is 6.18 Å². The predicted molar refractivity (Wildman–Crippen MR) is 188 cm³/mol. The highest BCUT2D eigenvalue weighted by atomic mass is 19.4. The number of carbonyl (C=O) groups is 1. The Morgan fingerprint density at radius 1 is 0.940 bits per heavy atom. The van der Waals surface area contributed by atoms with Crippen LogP contribution in [0.25, 0.3) is 22.2 Å². The van der Waals surface area contributed by atoms with Gasteiger partial charge in [-0.25, -0.2) is 4.98 Å². The number of alkyl halides is 3. The molecule has 2 saturated heterocycles. The number of rotatable bonds is 10. The zero-order valence-electron chi connectivity index (χ0n) is 28.8. The van der Waals surface area contributed by atoms with Crippen LogP contribution < -0.4 is 14.8 Å². The van der Waals surface area contributed by atoms with E-state index in [2.05, 4.69) is 15.1 Å². The van der Waals surface area contributed by atoms with Crippen molar-refractivity contribution in [1.82, 2.24) is 20.1 Å². The number of ether oxygens (including phenoxy) is 2. The molecular formula is C40H45F3N4O3. The Balaban J connectivity index is 1.36. The van der Waals surface area contributed by atoms with E-state index < -0.39 is 17.3 Å².